The van der Waals surface area contributed by atoms with Gasteiger partial charge in [0.1, 0.15) is 5.54 Å². The minimum Gasteiger partial charge on any atom is -0.480 e. The number of carboxylic acid groups (broad SMARTS) is 1. The van der Waals surface area contributed by atoms with Gasteiger partial charge >= 0.3 is 11.7 Å². The van der Waals surface area contributed by atoms with E-state index in [1.165, 1.54) is 4.57 Å². The number of para-hydroxylation sites is 2. The number of carboxylic acids is 1. The molecule has 0 radical (unpaired) electrons. The normalized spacial score (nSPS) is 11.9. The van der Waals surface area contributed by atoms with Gasteiger partial charge in [0, 0.05) is 13.1 Å². The third kappa shape index (κ3) is 2.85. The lowest BCUT2D eigenvalue weighted by Gasteiger charge is -2.28. The molecule has 1 heterocycles. The standard InChI is InChI=1S/C15H20N2O4/c1-3-15(4-2,13(18)19)16-9-10-17-11-7-5-6-8-12(11)21-14(17)20/h5-8,16H,3-4,9-10H2,1-2H3,(H,18,19). The Morgan fingerprint density at radius 3 is 2.62 bits per heavy atom. The van der Waals surface area contributed by atoms with Crippen molar-refractivity contribution in [3.63, 3.8) is 0 Å². The van der Waals surface area contributed by atoms with Crippen molar-refractivity contribution in [2.75, 3.05) is 6.54 Å². The Hall–Kier alpha value is -2.08. The zero-order valence-corrected chi connectivity index (χ0v) is 12.3. The van der Waals surface area contributed by atoms with Gasteiger partial charge < -0.3 is 14.8 Å². The molecule has 2 rings (SSSR count). The molecule has 0 bridgehead atoms. The summed E-state index contributed by atoms with van der Waals surface area (Å²) in [6.45, 7) is 4.43. The van der Waals surface area contributed by atoms with Crippen molar-refractivity contribution >= 4 is 17.1 Å². The van der Waals surface area contributed by atoms with Gasteiger partial charge in [0.15, 0.2) is 5.58 Å². The number of aromatic nitrogens is 1. The summed E-state index contributed by atoms with van der Waals surface area (Å²) < 4.78 is 6.66. The summed E-state index contributed by atoms with van der Waals surface area (Å²) in [5.41, 5.74) is 0.319. The average molecular weight is 292 g/mol. The van der Waals surface area contributed by atoms with Crippen LogP contribution in [0.25, 0.3) is 11.1 Å². The van der Waals surface area contributed by atoms with E-state index < -0.39 is 17.3 Å². The SMILES string of the molecule is CCC(CC)(NCCn1c(=O)oc2ccccc21)C(=O)O. The fourth-order valence-corrected chi connectivity index (χ4v) is 2.51. The van der Waals surface area contributed by atoms with Crippen LogP contribution in [0.1, 0.15) is 26.7 Å². The number of oxazole rings is 1. The van der Waals surface area contributed by atoms with Crippen LogP contribution in [0.15, 0.2) is 33.5 Å². The van der Waals surface area contributed by atoms with E-state index in [1.54, 1.807) is 12.1 Å². The molecule has 6 nitrogen and oxygen atoms in total. The summed E-state index contributed by atoms with van der Waals surface area (Å²) in [7, 11) is 0. The lowest BCUT2D eigenvalue weighted by molar-refractivity contribution is -0.145. The number of hydrogen-bond donors (Lipinski definition) is 2. The summed E-state index contributed by atoms with van der Waals surface area (Å²) in [6.07, 6.45) is 0.972. The predicted octanol–water partition coefficient (Wildman–Crippen LogP) is 1.83. The highest BCUT2D eigenvalue weighted by Gasteiger charge is 2.33. The molecule has 2 aromatic rings. The number of nitrogens with zero attached hydrogens (tertiary/aromatic N) is 1. The van der Waals surface area contributed by atoms with E-state index in [1.807, 2.05) is 26.0 Å². The molecule has 1 aromatic carbocycles. The maximum Gasteiger partial charge on any atom is 0.419 e. The third-order valence-corrected chi connectivity index (χ3v) is 3.99. The Morgan fingerprint density at radius 2 is 2.00 bits per heavy atom. The molecule has 0 amide bonds. The fraction of sp³-hybridized carbons (Fsp3) is 0.467. The van der Waals surface area contributed by atoms with Crippen LogP contribution in [0.4, 0.5) is 0 Å². The summed E-state index contributed by atoms with van der Waals surface area (Å²) in [4.78, 5) is 23.2. The highest BCUT2D eigenvalue weighted by Crippen LogP contribution is 2.16. The molecule has 6 heteroatoms. The van der Waals surface area contributed by atoms with E-state index in [0.29, 0.717) is 31.5 Å². The van der Waals surface area contributed by atoms with Crippen molar-refractivity contribution in [3.05, 3.63) is 34.8 Å². The second kappa shape index (κ2) is 6.13. The van der Waals surface area contributed by atoms with Crippen LogP contribution < -0.4 is 11.1 Å². The molecule has 0 fully saturated rings. The molecule has 21 heavy (non-hydrogen) atoms. The molecule has 0 atom stereocenters. The number of hydrogen-bond acceptors (Lipinski definition) is 4. The van der Waals surface area contributed by atoms with E-state index in [-0.39, 0.29) is 0 Å². The first-order valence-corrected chi connectivity index (χ1v) is 7.11. The molecular formula is C15H20N2O4. The molecule has 114 valence electrons. The van der Waals surface area contributed by atoms with Crippen LogP contribution in [0.3, 0.4) is 0 Å². The molecule has 0 spiro atoms. The molecule has 0 saturated heterocycles. The van der Waals surface area contributed by atoms with Gasteiger partial charge in [0.05, 0.1) is 5.52 Å². The monoisotopic (exact) mass is 292 g/mol. The Kier molecular flexibility index (Phi) is 4.47. The highest BCUT2D eigenvalue weighted by molar-refractivity contribution is 5.78. The van der Waals surface area contributed by atoms with Gasteiger partial charge in [-0.2, -0.15) is 0 Å². The highest BCUT2D eigenvalue weighted by atomic mass is 16.4. The van der Waals surface area contributed by atoms with Crippen LogP contribution >= 0.6 is 0 Å². The van der Waals surface area contributed by atoms with E-state index >= 15 is 0 Å². The molecule has 0 aliphatic heterocycles. The first kappa shape index (κ1) is 15.3. The van der Waals surface area contributed by atoms with Crippen molar-refractivity contribution in [2.45, 2.75) is 38.8 Å². The van der Waals surface area contributed by atoms with Crippen LogP contribution in [-0.2, 0) is 11.3 Å². The van der Waals surface area contributed by atoms with E-state index in [4.69, 9.17) is 4.42 Å². The molecule has 2 N–H and O–H groups in total. The van der Waals surface area contributed by atoms with Gasteiger partial charge in [-0.05, 0) is 25.0 Å². The minimum absolute atomic E-state index is 0.366. The summed E-state index contributed by atoms with van der Waals surface area (Å²) >= 11 is 0. The molecular weight excluding hydrogens is 272 g/mol. The zero-order valence-electron chi connectivity index (χ0n) is 12.3. The van der Waals surface area contributed by atoms with Crippen LogP contribution in [0.5, 0.6) is 0 Å². The quantitative estimate of drug-likeness (QED) is 0.813. The van der Waals surface area contributed by atoms with Crippen LogP contribution in [0.2, 0.25) is 0 Å². The zero-order chi connectivity index (χ0) is 15.5. The average Bonchev–Trinajstić information content (AvgIpc) is 2.79. The smallest absolute Gasteiger partial charge is 0.419 e. The van der Waals surface area contributed by atoms with Gasteiger partial charge in [0.2, 0.25) is 0 Å². The van der Waals surface area contributed by atoms with Crippen molar-refractivity contribution in [2.24, 2.45) is 0 Å². The van der Waals surface area contributed by atoms with Crippen molar-refractivity contribution in [1.29, 1.82) is 0 Å². The van der Waals surface area contributed by atoms with E-state index in [0.717, 1.165) is 5.52 Å². The maximum atomic E-state index is 11.8. The van der Waals surface area contributed by atoms with E-state index in [9.17, 15) is 14.7 Å². The summed E-state index contributed by atoms with van der Waals surface area (Å²) in [5.74, 6) is -1.29. The predicted molar refractivity (Wildman–Crippen MR) is 79.4 cm³/mol. The minimum atomic E-state index is -0.941. The number of aliphatic carboxylic acids is 1. The van der Waals surface area contributed by atoms with Crippen molar-refractivity contribution < 1.29 is 14.3 Å². The third-order valence-electron chi connectivity index (χ3n) is 3.99. The van der Waals surface area contributed by atoms with Gasteiger partial charge in [0.25, 0.3) is 0 Å². The Balaban J connectivity index is 2.14. The largest absolute Gasteiger partial charge is 0.480 e. The molecule has 0 aliphatic carbocycles. The van der Waals surface area contributed by atoms with Crippen molar-refractivity contribution in [1.82, 2.24) is 9.88 Å². The number of carbonyl (C=O) groups is 1. The first-order valence-electron chi connectivity index (χ1n) is 7.11. The maximum absolute atomic E-state index is 11.8. The van der Waals surface area contributed by atoms with Gasteiger partial charge in [-0.25, -0.2) is 4.79 Å². The second-order valence-corrected chi connectivity index (χ2v) is 5.01. The molecule has 0 unspecified atom stereocenters. The molecule has 1 aromatic heterocycles. The number of fused-ring (bicyclic) bond motifs is 1. The lowest BCUT2D eigenvalue weighted by Crippen LogP contribution is -2.52. The van der Waals surface area contributed by atoms with Gasteiger partial charge in [-0.15, -0.1) is 0 Å². The van der Waals surface area contributed by atoms with Gasteiger partial charge in [-0.3, -0.25) is 9.36 Å². The van der Waals surface area contributed by atoms with Crippen LogP contribution in [-0.4, -0.2) is 27.7 Å². The number of benzene rings is 1. The first-order chi connectivity index (χ1) is 10.0. The topological polar surface area (TPSA) is 84.5 Å². The molecule has 0 aliphatic rings. The van der Waals surface area contributed by atoms with Crippen LogP contribution in [0, 0.1) is 0 Å². The summed E-state index contributed by atoms with van der Waals surface area (Å²) in [5, 5.41) is 12.4. The molecule has 0 saturated carbocycles. The summed E-state index contributed by atoms with van der Waals surface area (Å²) in [6, 6.07) is 7.18. The lowest BCUT2D eigenvalue weighted by atomic mass is 9.93. The Bertz CT molecular complexity index is 682. The van der Waals surface area contributed by atoms with Gasteiger partial charge in [-0.1, -0.05) is 26.0 Å². The number of rotatable bonds is 7. The Morgan fingerprint density at radius 1 is 1.33 bits per heavy atom. The number of nitrogens with one attached hydrogen (secondary N) is 1. The Labute approximate surface area is 122 Å². The second-order valence-electron chi connectivity index (χ2n) is 5.01. The van der Waals surface area contributed by atoms with Crippen molar-refractivity contribution in [3.8, 4) is 0 Å². The van der Waals surface area contributed by atoms with E-state index in [2.05, 4.69) is 5.32 Å². The fourth-order valence-electron chi connectivity index (χ4n) is 2.51.